The van der Waals surface area contributed by atoms with Crippen molar-refractivity contribution in [1.29, 1.82) is 0 Å². The number of aromatic nitrogens is 1. The molecule has 1 atom stereocenters. The van der Waals surface area contributed by atoms with Crippen LogP contribution in [0, 0.1) is 13.8 Å². The van der Waals surface area contributed by atoms with Crippen LogP contribution in [-0.4, -0.2) is 67.1 Å². The summed E-state index contributed by atoms with van der Waals surface area (Å²) in [4.78, 5) is 41.1. The Bertz CT molecular complexity index is 993. The lowest BCUT2D eigenvalue weighted by Crippen LogP contribution is -2.45. The van der Waals surface area contributed by atoms with E-state index < -0.39 is 12.0 Å². The number of carbonyl (C=O) groups excluding carboxylic acids is 3. The van der Waals surface area contributed by atoms with Crippen molar-refractivity contribution >= 4 is 17.7 Å². The molecule has 0 saturated heterocycles. The first-order chi connectivity index (χ1) is 15.7. The Hall–Kier alpha value is -3.13. The van der Waals surface area contributed by atoms with Gasteiger partial charge in [0.05, 0.1) is 26.4 Å². The zero-order valence-corrected chi connectivity index (χ0v) is 20.6. The van der Waals surface area contributed by atoms with Gasteiger partial charge in [-0.2, -0.15) is 0 Å². The number of ketones is 1. The van der Waals surface area contributed by atoms with Crippen LogP contribution in [0.5, 0.6) is 5.75 Å². The van der Waals surface area contributed by atoms with E-state index in [2.05, 4.69) is 0 Å². The van der Waals surface area contributed by atoms with E-state index >= 15 is 0 Å². The minimum absolute atomic E-state index is 0.235. The molecule has 1 aromatic carbocycles. The predicted octanol–water partition coefficient (Wildman–Crippen LogP) is 3.67. The Kier molecular flexibility index (Phi) is 9.22. The van der Waals surface area contributed by atoms with Crippen molar-refractivity contribution in [3.05, 3.63) is 52.3 Å². The molecule has 8 nitrogen and oxygen atoms in total. The third kappa shape index (κ3) is 5.45. The first kappa shape index (κ1) is 26.1. The molecule has 33 heavy (non-hydrogen) atoms. The van der Waals surface area contributed by atoms with Crippen molar-refractivity contribution < 1.29 is 28.6 Å². The van der Waals surface area contributed by atoms with E-state index in [4.69, 9.17) is 14.2 Å². The molecule has 0 N–H and O–H groups in total. The normalized spacial score (nSPS) is 11.7. The molecular formula is C25H34N2O6. The van der Waals surface area contributed by atoms with E-state index in [9.17, 15) is 14.4 Å². The van der Waals surface area contributed by atoms with Crippen LogP contribution in [0.15, 0.2) is 24.3 Å². The molecule has 0 aliphatic carbocycles. The average Bonchev–Trinajstić information content (AvgIpc) is 3.07. The molecule has 1 amide bonds. The van der Waals surface area contributed by atoms with Gasteiger partial charge in [0.15, 0.2) is 5.78 Å². The number of Topliss-reactive ketones (excluding diaryl/α,β-unsaturated/α-hetero) is 1. The lowest BCUT2D eigenvalue weighted by molar-refractivity contribution is 0.0512. The van der Waals surface area contributed by atoms with Gasteiger partial charge in [-0.1, -0.05) is 0 Å². The van der Waals surface area contributed by atoms with Crippen LogP contribution in [0.1, 0.15) is 63.2 Å². The minimum Gasteiger partial charge on any atom is -0.497 e. The summed E-state index contributed by atoms with van der Waals surface area (Å²) in [5, 5.41) is 0. The number of amides is 1. The van der Waals surface area contributed by atoms with Gasteiger partial charge < -0.3 is 23.7 Å². The van der Waals surface area contributed by atoms with Crippen molar-refractivity contribution in [2.45, 2.75) is 47.2 Å². The fourth-order valence-electron chi connectivity index (χ4n) is 4.03. The second-order valence-corrected chi connectivity index (χ2v) is 7.66. The highest BCUT2D eigenvalue weighted by atomic mass is 16.5. The molecule has 0 bridgehead atoms. The van der Waals surface area contributed by atoms with Crippen molar-refractivity contribution in [2.24, 2.45) is 0 Å². The zero-order chi connectivity index (χ0) is 24.7. The van der Waals surface area contributed by atoms with Gasteiger partial charge in [-0.25, -0.2) is 4.79 Å². The Morgan fingerprint density at radius 3 is 2.21 bits per heavy atom. The van der Waals surface area contributed by atoms with Crippen LogP contribution in [-0.2, 0) is 16.0 Å². The molecule has 1 unspecified atom stereocenters. The molecule has 0 fully saturated rings. The average molecular weight is 459 g/mol. The quantitative estimate of drug-likeness (QED) is 0.377. The van der Waals surface area contributed by atoms with E-state index in [1.54, 1.807) is 63.8 Å². The van der Waals surface area contributed by atoms with Gasteiger partial charge in [0.2, 0.25) is 0 Å². The van der Waals surface area contributed by atoms with Crippen LogP contribution in [0.25, 0.3) is 0 Å². The maximum absolute atomic E-state index is 13.7. The summed E-state index contributed by atoms with van der Waals surface area (Å²) >= 11 is 0. The monoisotopic (exact) mass is 458 g/mol. The van der Waals surface area contributed by atoms with Crippen molar-refractivity contribution in [2.75, 3.05) is 34.0 Å². The first-order valence-electron chi connectivity index (χ1n) is 11.1. The lowest BCUT2D eigenvalue weighted by Gasteiger charge is -2.28. The fraction of sp³-hybridized carbons (Fsp3) is 0.480. The summed E-state index contributed by atoms with van der Waals surface area (Å²) in [6.07, 6.45) is 0. The predicted molar refractivity (Wildman–Crippen MR) is 125 cm³/mol. The summed E-state index contributed by atoms with van der Waals surface area (Å²) in [5.41, 5.74) is 2.50. The highest BCUT2D eigenvalue weighted by Crippen LogP contribution is 2.26. The van der Waals surface area contributed by atoms with E-state index in [0.29, 0.717) is 40.4 Å². The number of methoxy groups -OCH3 is 2. The van der Waals surface area contributed by atoms with Crippen LogP contribution in [0.4, 0.5) is 0 Å². The van der Waals surface area contributed by atoms with Crippen LogP contribution < -0.4 is 4.74 Å². The second-order valence-electron chi connectivity index (χ2n) is 7.66. The largest absolute Gasteiger partial charge is 0.497 e. The lowest BCUT2D eigenvalue weighted by atomic mass is 9.99. The Morgan fingerprint density at radius 1 is 1.06 bits per heavy atom. The van der Waals surface area contributed by atoms with Gasteiger partial charge in [0, 0.05) is 37.0 Å². The van der Waals surface area contributed by atoms with Gasteiger partial charge in [-0.05, 0) is 64.4 Å². The first-order valence-corrected chi connectivity index (χ1v) is 11.1. The standard InChI is InChI=1S/C25H34N2O6/c1-8-26-17(4)21(16(3)22(26)25(30)33-9-2)23(28)18(5)27(14-15-31-6)24(29)19-10-12-20(32-7)13-11-19/h10-13,18H,8-9,14-15H2,1-7H3. The molecule has 8 heteroatoms. The van der Waals surface area contributed by atoms with Crippen LogP contribution in [0.2, 0.25) is 0 Å². The minimum atomic E-state index is -0.769. The maximum Gasteiger partial charge on any atom is 0.355 e. The summed E-state index contributed by atoms with van der Waals surface area (Å²) in [7, 11) is 3.10. The summed E-state index contributed by atoms with van der Waals surface area (Å²) in [5.74, 6) is -0.345. The van der Waals surface area contributed by atoms with E-state index in [1.165, 1.54) is 4.90 Å². The number of ether oxygens (including phenoxy) is 3. The number of rotatable bonds is 11. The molecule has 1 aromatic heterocycles. The number of esters is 1. The molecule has 180 valence electrons. The highest BCUT2D eigenvalue weighted by molar-refractivity contribution is 6.07. The van der Waals surface area contributed by atoms with Crippen molar-refractivity contribution in [3.8, 4) is 5.75 Å². The van der Waals surface area contributed by atoms with Gasteiger partial charge in [-0.15, -0.1) is 0 Å². The van der Waals surface area contributed by atoms with Crippen LogP contribution >= 0.6 is 0 Å². The second kappa shape index (κ2) is 11.7. The smallest absolute Gasteiger partial charge is 0.355 e. The van der Waals surface area contributed by atoms with Crippen molar-refractivity contribution in [1.82, 2.24) is 9.47 Å². The topological polar surface area (TPSA) is 87.1 Å². The Labute approximate surface area is 195 Å². The maximum atomic E-state index is 13.7. The van der Waals surface area contributed by atoms with Crippen molar-refractivity contribution in [3.63, 3.8) is 0 Å². The Balaban J connectivity index is 2.46. The number of hydrogen-bond acceptors (Lipinski definition) is 6. The Morgan fingerprint density at radius 2 is 1.70 bits per heavy atom. The van der Waals surface area contributed by atoms with Gasteiger partial charge in [0.1, 0.15) is 11.4 Å². The summed E-state index contributed by atoms with van der Waals surface area (Å²) in [6, 6.07) is 5.97. The fourth-order valence-corrected chi connectivity index (χ4v) is 4.03. The number of hydrogen-bond donors (Lipinski definition) is 0. The third-order valence-electron chi connectivity index (χ3n) is 5.78. The molecule has 0 aliphatic rings. The molecule has 2 aromatic rings. The molecular weight excluding hydrogens is 424 g/mol. The zero-order valence-electron chi connectivity index (χ0n) is 20.6. The molecule has 2 rings (SSSR count). The number of nitrogens with zero attached hydrogens (tertiary/aromatic N) is 2. The number of carbonyl (C=O) groups is 3. The summed E-state index contributed by atoms with van der Waals surface area (Å²) < 4.78 is 17.4. The van der Waals surface area contributed by atoms with E-state index in [0.717, 1.165) is 0 Å². The van der Waals surface area contributed by atoms with Gasteiger partial charge >= 0.3 is 5.97 Å². The van der Waals surface area contributed by atoms with E-state index in [1.807, 2.05) is 13.8 Å². The van der Waals surface area contributed by atoms with Gasteiger partial charge in [0.25, 0.3) is 5.91 Å². The van der Waals surface area contributed by atoms with Crippen LogP contribution in [0.3, 0.4) is 0 Å². The SMILES string of the molecule is CCOC(=O)c1c(C)c(C(=O)C(C)N(CCOC)C(=O)c2ccc(OC)cc2)c(C)n1CC. The third-order valence-corrected chi connectivity index (χ3v) is 5.78. The molecule has 0 spiro atoms. The highest BCUT2D eigenvalue weighted by Gasteiger charge is 2.33. The molecule has 0 saturated carbocycles. The molecule has 0 radical (unpaired) electrons. The molecule has 1 heterocycles. The van der Waals surface area contributed by atoms with E-state index in [-0.39, 0.29) is 31.4 Å². The van der Waals surface area contributed by atoms with Gasteiger partial charge in [-0.3, -0.25) is 9.59 Å². The summed E-state index contributed by atoms with van der Waals surface area (Å²) in [6.45, 7) is 10.2. The number of benzene rings is 1. The molecule has 0 aliphatic heterocycles.